The van der Waals surface area contributed by atoms with Crippen LogP contribution in [0.1, 0.15) is 53.0 Å². The molecule has 28 heavy (non-hydrogen) atoms. The molecule has 0 atom stereocenters. The van der Waals surface area contributed by atoms with E-state index in [0.29, 0.717) is 17.2 Å². The predicted octanol–water partition coefficient (Wildman–Crippen LogP) is 3.99. The molecule has 2 aromatic rings. The van der Waals surface area contributed by atoms with Crippen LogP contribution in [0.25, 0.3) is 0 Å². The molecule has 0 amide bonds. The number of anilines is 2. The van der Waals surface area contributed by atoms with Gasteiger partial charge < -0.3 is 14.8 Å². The molecule has 0 aliphatic heterocycles. The van der Waals surface area contributed by atoms with Crippen molar-refractivity contribution in [2.24, 2.45) is 0 Å². The van der Waals surface area contributed by atoms with Crippen molar-refractivity contribution < 1.29 is 19.1 Å². The molecular formula is C21H27N3O4. The first-order valence-electron chi connectivity index (χ1n) is 9.05. The third-order valence-electron chi connectivity index (χ3n) is 3.37. The lowest BCUT2D eigenvalue weighted by molar-refractivity contribution is -0.169. The first kappa shape index (κ1) is 21.3. The maximum atomic E-state index is 12.9. The van der Waals surface area contributed by atoms with Crippen molar-refractivity contribution in [2.45, 2.75) is 58.7 Å². The number of aromatic nitrogens is 2. The highest BCUT2D eigenvalue weighted by molar-refractivity contribution is 6.02. The zero-order chi connectivity index (χ0) is 20.9. The summed E-state index contributed by atoms with van der Waals surface area (Å²) in [5.74, 6) is -2.25. The summed E-state index contributed by atoms with van der Waals surface area (Å²) in [6, 6.07) is 8.66. The van der Waals surface area contributed by atoms with Crippen LogP contribution in [0.5, 0.6) is 0 Å². The number of benzene rings is 1. The Labute approximate surface area is 165 Å². The van der Waals surface area contributed by atoms with Crippen molar-refractivity contribution in [3.05, 3.63) is 48.3 Å². The molecule has 0 saturated heterocycles. The van der Waals surface area contributed by atoms with Crippen LogP contribution in [-0.4, -0.2) is 33.1 Å². The largest absolute Gasteiger partial charge is 0.459 e. The smallest absolute Gasteiger partial charge is 0.325 e. The number of para-hydroxylation sites is 1. The zero-order valence-corrected chi connectivity index (χ0v) is 17.1. The molecule has 7 heteroatoms. The Bertz CT molecular complexity index is 796. The molecule has 0 radical (unpaired) electrons. The topological polar surface area (TPSA) is 90.4 Å². The highest BCUT2D eigenvalue weighted by Crippen LogP contribution is 2.31. The normalized spacial score (nSPS) is 11.8. The monoisotopic (exact) mass is 385 g/mol. The molecule has 1 N–H and O–H groups in total. The average molecular weight is 385 g/mol. The predicted molar refractivity (Wildman–Crippen MR) is 106 cm³/mol. The van der Waals surface area contributed by atoms with Crippen LogP contribution >= 0.6 is 0 Å². The molecule has 0 saturated carbocycles. The molecule has 1 heterocycles. The van der Waals surface area contributed by atoms with Crippen LogP contribution in [0.2, 0.25) is 0 Å². The standard InChI is InChI=1S/C21H27N3O4/c1-20(2,3)27-17(25)16(18(26)28-21(4,5)6)14-10-7-8-11-15(14)24-19-22-12-9-13-23-19/h7-13,16H,1-6H3,(H,22,23,24). The van der Waals surface area contributed by atoms with E-state index < -0.39 is 29.1 Å². The van der Waals surface area contributed by atoms with Crippen molar-refractivity contribution in [3.8, 4) is 0 Å². The van der Waals surface area contributed by atoms with Crippen molar-refractivity contribution in [3.63, 3.8) is 0 Å². The van der Waals surface area contributed by atoms with E-state index in [-0.39, 0.29) is 0 Å². The van der Waals surface area contributed by atoms with Gasteiger partial charge in [0.25, 0.3) is 0 Å². The first-order chi connectivity index (χ1) is 13.0. The van der Waals surface area contributed by atoms with E-state index in [0.717, 1.165) is 0 Å². The van der Waals surface area contributed by atoms with Gasteiger partial charge in [-0.1, -0.05) is 18.2 Å². The molecule has 0 bridgehead atoms. The van der Waals surface area contributed by atoms with Gasteiger partial charge in [-0.3, -0.25) is 9.59 Å². The van der Waals surface area contributed by atoms with Crippen LogP contribution in [-0.2, 0) is 19.1 Å². The van der Waals surface area contributed by atoms with Crippen molar-refractivity contribution >= 4 is 23.6 Å². The number of nitrogens with one attached hydrogen (secondary N) is 1. The summed E-state index contributed by atoms with van der Waals surface area (Å²) >= 11 is 0. The Morgan fingerprint density at radius 3 is 1.86 bits per heavy atom. The molecule has 0 aliphatic rings. The number of ether oxygens (including phenoxy) is 2. The lowest BCUT2D eigenvalue weighted by atomic mass is 9.96. The van der Waals surface area contributed by atoms with E-state index in [1.807, 2.05) is 0 Å². The second kappa shape index (κ2) is 8.37. The first-order valence-corrected chi connectivity index (χ1v) is 9.05. The second-order valence-corrected chi connectivity index (χ2v) is 8.28. The Balaban J connectivity index is 2.45. The SMILES string of the molecule is CC(C)(C)OC(=O)C(C(=O)OC(C)(C)C)c1ccccc1Nc1ncccn1. The van der Waals surface area contributed by atoms with E-state index >= 15 is 0 Å². The fraction of sp³-hybridized carbons (Fsp3) is 0.429. The quantitative estimate of drug-likeness (QED) is 0.615. The van der Waals surface area contributed by atoms with Gasteiger partial charge in [-0.2, -0.15) is 0 Å². The van der Waals surface area contributed by atoms with Crippen LogP contribution in [0.3, 0.4) is 0 Å². The molecular weight excluding hydrogens is 358 g/mol. The number of esters is 2. The van der Waals surface area contributed by atoms with Crippen LogP contribution < -0.4 is 5.32 Å². The number of nitrogens with zero attached hydrogens (tertiary/aromatic N) is 2. The third kappa shape index (κ3) is 6.33. The summed E-state index contributed by atoms with van der Waals surface area (Å²) in [5.41, 5.74) is -0.543. The minimum absolute atomic E-state index is 0.349. The minimum atomic E-state index is -1.24. The van der Waals surface area contributed by atoms with Crippen LogP contribution in [0.4, 0.5) is 11.6 Å². The van der Waals surface area contributed by atoms with Gasteiger partial charge in [0.05, 0.1) is 0 Å². The molecule has 0 unspecified atom stereocenters. The second-order valence-electron chi connectivity index (χ2n) is 8.28. The Morgan fingerprint density at radius 1 is 0.857 bits per heavy atom. The van der Waals surface area contributed by atoms with E-state index in [4.69, 9.17) is 9.47 Å². The van der Waals surface area contributed by atoms with E-state index in [1.165, 1.54) is 0 Å². The summed E-state index contributed by atoms with van der Waals surface area (Å²) < 4.78 is 11.0. The van der Waals surface area contributed by atoms with Crippen molar-refractivity contribution in [1.29, 1.82) is 0 Å². The Kier molecular flexibility index (Phi) is 6.38. The molecule has 2 rings (SSSR count). The number of carbonyl (C=O) groups is 2. The number of carbonyl (C=O) groups excluding carboxylic acids is 2. The Morgan fingerprint density at radius 2 is 1.36 bits per heavy atom. The van der Waals surface area contributed by atoms with E-state index in [2.05, 4.69) is 15.3 Å². The molecule has 150 valence electrons. The highest BCUT2D eigenvalue weighted by Gasteiger charge is 2.37. The van der Waals surface area contributed by atoms with Gasteiger partial charge in [0.1, 0.15) is 11.2 Å². The summed E-state index contributed by atoms with van der Waals surface area (Å²) in [7, 11) is 0. The lowest BCUT2D eigenvalue weighted by Gasteiger charge is -2.27. The molecule has 1 aromatic carbocycles. The van der Waals surface area contributed by atoms with Gasteiger partial charge in [0.2, 0.25) is 5.95 Å². The van der Waals surface area contributed by atoms with Gasteiger partial charge in [-0.05, 0) is 53.7 Å². The molecule has 0 spiro atoms. The molecule has 0 fully saturated rings. The highest BCUT2D eigenvalue weighted by atomic mass is 16.6. The summed E-state index contributed by atoms with van der Waals surface area (Å²) in [5, 5.41) is 3.05. The molecule has 0 aliphatic carbocycles. The fourth-order valence-electron chi connectivity index (χ4n) is 2.42. The lowest BCUT2D eigenvalue weighted by Crippen LogP contribution is -2.35. The van der Waals surface area contributed by atoms with Crippen LogP contribution in [0.15, 0.2) is 42.7 Å². The van der Waals surface area contributed by atoms with Gasteiger partial charge in [-0.25, -0.2) is 9.97 Å². The average Bonchev–Trinajstić information content (AvgIpc) is 2.54. The number of hydrogen-bond donors (Lipinski definition) is 1. The Hall–Kier alpha value is -2.96. The van der Waals surface area contributed by atoms with Crippen molar-refractivity contribution in [2.75, 3.05) is 5.32 Å². The zero-order valence-electron chi connectivity index (χ0n) is 17.1. The van der Waals surface area contributed by atoms with Gasteiger partial charge >= 0.3 is 11.9 Å². The van der Waals surface area contributed by atoms with Crippen molar-refractivity contribution in [1.82, 2.24) is 9.97 Å². The molecule has 1 aromatic heterocycles. The van der Waals surface area contributed by atoms with E-state index in [1.54, 1.807) is 84.3 Å². The number of hydrogen-bond acceptors (Lipinski definition) is 7. The van der Waals surface area contributed by atoms with Gasteiger partial charge in [0, 0.05) is 23.6 Å². The fourth-order valence-corrected chi connectivity index (χ4v) is 2.42. The summed E-state index contributed by atoms with van der Waals surface area (Å²) in [6.45, 7) is 10.5. The number of rotatable bonds is 5. The maximum absolute atomic E-state index is 12.9. The van der Waals surface area contributed by atoms with Gasteiger partial charge in [0.15, 0.2) is 5.92 Å². The summed E-state index contributed by atoms with van der Waals surface area (Å²) in [6.07, 6.45) is 3.19. The van der Waals surface area contributed by atoms with Gasteiger partial charge in [-0.15, -0.1) is 0 Å². The van der Waals surface area contributed by atoms with E-state index in [9.17, 15) is 9.59 Å². The maximum Gasteiger partial charge on any atom is 0.325 e. The molecule has 7 nitrogen and oxygen atoms in total. The summed E-state index contributed by atoms with van der Waals surface area (Å²) in [4.78, 5) is 34.1. The minimum Gasteiger partial charge on any atom is -0.459 e. The van der Waals surface area contributed by atoms with Crippen LogP contribution in [0, 0.1) is 0 Å². The third-order valence-corrected chi connectivity index (χ3v) is 3.37.